The van der Waals surface area contributed by atoms with Crippen molar-refractivity contribution in [1.82, 2.24) is 0 Å². The Labute approximate surface area is 69.7 Å². The van der Waals surface area contributed by atoms with Crippen LogP contribution in [0.2, 0.25) is 0 Å². The fraction of sp³-hybridized carbons (Fsp3) is 1.00. The van der Waals surface area contributed by atoms with E-state index in [0.717, 1.165) is 0 Å². The van der Waals surface area contributed by atoms with E-state index in [1.54, 1.807) is 0 Å². The van der Waals surface area contributed by atoms with Gasteiger partial charge in [0.05, 0.1) is 12.1 Å². The van der Waals surface area contributed by atoms with Crippen LogP contribution in [0.1, 0.15) is 0 Å². The third kappa shape index (κ3) is 1.58. The molecule has 1 saturated heterocycles. The zero-order chi connectivity index (χ0) is 9.30. The van der Waals surface area contributed by atoms with Crippen LogP contribution in [-0.2, 0) is 4.74 Å². The first-order chi connectivity index (χ1) is 5.57. The quantitative estimate of drug-likeness (QED) is 0.287. The van der Waals surface area contributed by atoms with Crippen molar-refractivity contribution < 1.29 is 20.1 Å². The maximum Gasteiger partial charge on any atom is 0.182 e. The minimum Gasteiger partial charge on any atom is -0.389 e. The van der Waals surface area contributed by atoms with Gasteiger partial charge >= 0.3 is 0 Å². The van der Waals surface area contributed by atoms with Crippen molar-refractivity contribution in [3.05, 3.63) is 0 Å². The van der Waals surface area contributed by atoms with Crippen molar-refractivity contribution >= 4 is 0 Å². The molecular weight excluding hydrogens is 164 g/mol. The van der Waals surface area contributed by atoms with Gasteiger partial charge in [0.2, 0.25) is 0 Å². The lowest BCUT2D eigenvalue weighted by Gasteiger charge is -2.38. The number of aliphatic hydroxyl groups is 3. The Morgan fingerprint density at radius 1 is 1.17 bits per heavy atom. The van der Waals surface area contributed by atoms with E-state index in [1.807, 2.05) is 0 Å². The van der Waals surface area contributed by atoms with E-state index >= 15 is 0 Å². The molecule has 1 aliphatic rings. The SMILES string of the molecule is NCC1OC(O)[C@H](O)[C@H](N)C1O. The van der Waals surface area contributed by atoms with Crippen LogP contribution in [0, 0.1) is 0 Å². The summed E-state index contributed by atoms with van der Waals surface area (Å²) in [5.74, 6) is 0. The third-order valence-electron chi connectivity index (χ3n) is 2.01. The van der Waals surface area contributed by atoms with Crippen molar-refractivity contribution in [2.75, 3.05) is 6.54 Å². The average Bonchev–Trinajstić information content (AvgIpc) is 2.08. The molecule has 0 aromatic rings. The molecule has 1 fully saturated rings. The lowest BCUT2D eigenvalue weighted by molar-refractivity contribution is -0.249. The smallest absolute Gasteiger partial charge is 0.182 e. The van der Waals surface area contributed by atoms with Crippen molar-refractivity contribution in [1.29, 1.82) is 0 Å². The fourth-order valence-electron chi connectivity index (χ4n) is 1.18. The lowest BCUT2D eigenvalue weighted by Crippen LogP contribution is -2.62. The normalized spacial score (nSPS) is 49.2. The summed E-state index contributed by atoms with van der Waals surface area (Å²) in [6.07, 6.45) is -4.37. The maximum absolute atomic E-state index is 9.32. The van der Waals surface area contributed by atoms with E-state index in [4.69, 9.17) is 26.4 Å². The maximum atomic E-state index is 9.32. The van der Waals surface area contributed by atoms with Gasteiger partial charge in [0.25, 0.3) is 0 Å². The molecule has 72 valence electrons. The predicted molar refractivity (Wildman–Crippen MR) is 39.9 cm³/mol. The number of nitrogens with two attached hydrogens (primary N) is 2. The molecule has 0 aromatic heterocycles. The Hall–Kier alpha value is -0.240. The Morgan fingerprint density at radius 3 is 2.25 bits per heavy atom. The molecule has 0 aliphatic carbocycles. The fourth-order valence-corrected chi connectivity index (χ4v) is 1.18. The molecule has 0 saturated carbocycles. The van der Waals surface area contributed by atoms with Gasteiger partial charge in [-0.15, -0.1) is 0 Å². The molecule has 0 amide bonds. The minimum absolute atomic E-state index is 0.0542. The van der Waals surface area contributed by atoms with Crippen LogP contribution < -0.4 is 11.5 Å². The highest BCUT2D eigenvalue weighted by molar-refractivity contribution is 4.91. The van der Waals surface area contributed by atoms with Gasteiger partial charge in [-0.2, -0.15) is 0 Å². The molecule has 0 radical (unpaired) electrons. The summed E-state index contributed by atoms with van der Waals surface area (Å²) in [5.41, 5.74) is 10.6. The Kier molecular flexibility index (Phi) is 2.99. The van der Waals surface area contributed by atoms with E-state index in [2.05, 4.69) is 0 Å². The molecule has 6 heteroatoms. The van der Waals surface area contributed by atoms with Crippen molar-refractivity contribution in [3.63, 3.8) is 0 Å². The molecule has 3 unspecified atom stereocenters. The molecule has 5 atom stereocenters. The Morgan fingerprint density at radius 2 is 1.75 bits per heavy atom. The zero-order valence-electron chi connectivity index (χ0n) is 6.50. The monoisotopic (exact) mass is 178 g/mol. The number of hydrogen-bond acceptors (Lipinski definition) is 6. The van der Waals surface area contributed by atoms with Crippen LogP contribution in [0.4, 0.5) is 0 Å². The van der Waals surface area contributed by atoms with Crippen LogP contribution in [0.5, 0.6) is 0 Å². The molecule has 0 spiro atoms. The average molecular weight is 178 g/mol. The second-order valence-electron chi connectivity index (χ2n) is 2.86. The van der Waals surface area contributed by atoms with Gasteiger partial charge in [-0.05, 0) is 0 Å². The standard InChI is InChI=1S/C6H14N2O4/c7-1-2-4(9)3(8)5(10)6(11)12-2/h2-6,9-11H,1,7-8H2/t2?,3-,4?,5-,6?/m1/s1. The molecule has 7 N–H and O–H groups in total. The first-order valence-corrected chi connectivity index (χ1v) is 3.73. The van der Waals surface area contributed by atoms with E-state index in [9.17, 15) is 5.11 Å². The van der Waals surface area contributed by atoms with Gasteiger partial charge < -0.3 is 31.5 Å². The van der Waals surface area contributed by atoms with Gasteiger partial charge in [0.15, 0.2) is 6.29 Å². The predicted octanol–water partition coefficient (Wildman–Crippen LogP) is -3.29. The molecule has 0 aromatic carbocycles. The summed E-state index contributed by atoms with van der Waals surface area (Å²) in [5, 5.41) is 27.5. The molecule has 0 bridgehead atoms. The van der Waals surface area contributed by atoms with Gasteiger partial charge in [-0.3, -0.25) is 0 Å². The molecule has 1 heterocycles. The lowest BCUT2D eigenvalue weighted by atomic mass is 9.97. The highest BCUT2D eigenvalue weighted by Crippen LogP contribution is 2.17. The number of hydrogen-bond donors (Lipinski definition) is 5. The van der Waals surface area contributed by atoms with Crippen molar-refractivity contribution in [2.24, 2.45) is 11.5 Å². The van der Waals surface area contributed by atoms with E-state index in [0.29, 0.717) is 0 Å². The van der Waals surface area contributed by atoms with E-state index < -0.39 is 30.6 Å². The molecule has 1 aliphatic heterocycles. The second kappa shape index (κ2) is 3.65. The topological polar surface area (TPSA) is 122 Å². The van der Waals surface area contributed by atoms with Crippen LogP contribution in [0.3, 0.4) is 0 Å². The summed E-state index contributed by atoms with van der Waals surface area (Å²) in [4.78, 5) is 0. The summed E-state index contributed by atoms with van der Waals surface area (Å²) in [7, 11) is 0. The van der Waals surface area contributed by atoms with E-state index in [-0.39, 0.29) is 6.54 Å². The second-order valence-corrected chi connectivity index (χ2v) is 2.86. The molecular formula is C6H14N2O4. The Balaban J connectivity index is 2.63. The largest absolute Gasteiger partial charge is 0.389 e. The summed E-state index contributed by atoms with van der Waals surface area (Å²) < 4.78 is 4.78. The third-order valence-corrected chi connectivity index (χ3v) is 2.01. The minimum atomic E-state index is -1.36. The first-order valence-electron chi connectivity index (χ1n) is 3.73. The van der Waals surface area contributed by atoms with Gasteiger partial charge in [0.1, 0.15) is 12.2 Å². The molecule has 1 rings (SSSR count). The van der Waals surface area contributed by atoms with Crippen molar-refractivity contribution in [2.45, 2.75) is 30.6 Å². The van der Waals surface area contributed by atoms with Crippen LogP contribution in [0.25, 0.3) is 0 Å². The molecule has 12 heavy (non-hydrogen) atoms. The highest BCUT2D eigenvalue weighted by atomic mass is 16.6. The van der Waals surface area contributed by atoms with Crippen LogP contribution in [-0.4, -0.2) is 52.5 Å². The zero-order valence-corrected chi connectivity index (χ0v) is 6.50. The van der Waals surface area contributed by atoms with Gasteiger partial charge in [-0.25, -0.2) is 0 Å². The first kappa shape index (κ1) is 9.85. The van der Waals surface area contributed by atoms with Crippen molar-refractivity contribution in [3.8, 4) is 0 Å². The Bertz CT molecular complexity index is 152. The molecule has 6 nitrogen and oxygen atoms in total. The summed E-state index contributed by atoms with van der Waals surface area (Å²) in [6, 6.07) is -0.915. The van der Waals surface area contributed by atoms with E-state index in [1.165, 1.54) is 0 Å². The van der Waals surface area contributed by atoms with Crippen LogP contribution in [0.15, 0.2) is 0 Å². The van der Waals surface area contributed by atoms with Gasteiger partial charge in [-0.1, -0.05) is 0 Å². The number of aliphatic hydroxyl groups excluding tert-OH is 3. The summed E-state index contributed by atoms with van der Waals surface area (Å²) in [6.45, 7) is 0.0542. The number of rotatable bonds is 1. The summed E-state index contributed by atoms with van der Waals surface area (Å²) >= 11 is 0. The number of ether oxygens (including phenoxy) is 1. The highest BCUT2D eigenvalue weighted by Gasteiger charge is 2.40. The van der Waals surface area contributed by atoms with Crippen LogP contribution >= 0.6 is 0 Å². The van der Waals surface area contributed by atoms with Gasteiger partial charge in [0, 0.05) is 6.54 Å².